The van der Waals surface area contributed by atoms with E-state index in [1.165, 1.54) is 54.5 Å². The molecule has 0 fully saturated rings. The molecule has 0 aliphatic heterocycles. The molecule has 0 aromatic heterocycles. The first kappa shape index (κ1) is 23.1. The zero-order chi connectivity index (χ0) is 22.3. The van der Waals surface area contributed by atoms with E-state index in [1.807, 2.05) is 0 Å². The molecule has 0 aliphatic rings. The molecule has 1 amide bonds. The Morgan fingerprint density at radius 3 is 2.43 bits per heavy atom. The highest BCUT2D eigenvalue weighted by molar-refractivity contribution is 7.89. The van der Waals surface area contributed by atoms with Crippen LogP contribution in [0.25, 0.3) is 0 Å². The summed E-state index contributed by atoms with van der Waals surface area (Å²) in [6.45, 7) is -2.97. The minimum atomic E-state index is -3.75. The predicted molar refractivity (Wildman–Crippen MR) is 106 cm³/mol. The van der Waals surface area contributed by atoms with Gasteiger partial charge in [-0.1, -0.05) is 12.0 Å². The Labute approximate surface area is 173 Å². The molecule has 2 aromatic carbocycles. The molecular weight excluding hydrogens is 418 g/mol. The number of methoxy groups -OCH3 is 1. The van der Waals surface area contributed by atoms with Gasteiger partial charge in [0.05, 0.1) is 18.6 Å². The summed E-state index contributed by atoms with van der Waals surface area (Å²) >= 11 is 0. The van der Waals surface area contributed by atoms with E-state index in [2.05, 4.69) is 15.4 Å². The number of hydrogen-bond donors (Lipinski definition) is 1. The average Bonchev–Trinajstić information content (AvgIpc) is 2.72. The van der Waals surface area contributed by atoms with Crippen LogP contribution < -0.4 is 14.2 Å². The van der Waals surface area contributed by atoms with E-state index in [0.717, 1.165) is 0 Å². The minimum Gasteiger partial charge on any atom is -0.493 e. The van der Waals surface area contributed by atoms with Gasteiger partial charge in [0, 0.05) is 19.2 Å². The van der Waals surface area contributed by atoms with Crippen LogP contribution in [0.3, 0.4) is 0 Å². The first-order valence-corrected chi connectivity index (χ1v) is 10.1. The molecular formula is C20H20F2N2O5S. The second-order valence-electron chi connectivity index (χ2n) is 6.08. The lowest BCUT2D eigenvalue weighted by atomic mass is 10.1. The molecule has 2 aromatic rings. The minimum absolute atomic E-state index is 0.0173. The van der Waals surface area contributed by atoms with Crippen molar-refractivity contribution in [3.8, 4) is 23.8 Å². The summed E-state index contributed by atoms with van der Waals surface area (Å²) in [6.07, 6.45) is 5.05. The van der Waals surface area contributed by atoms with Crippen LogP contribution >= 0.6 is 0 Å². The number of carbonyl (C=O) groups is 1. The van der Waals surface area contributed by atoms with Gasteiger partial charge < -0.3 is 14.4 Å². The third-order valence-electron chi connectivity index (χ3n) is 3.99. The maximum absolute atomic E-state index is 12.6. The van der Waals surface area contributed by atoms with Crippen molar-refractivity contribution in [1.82, 2.24) is 9.62 Å². The van der Waals surface area contributed by atoms with Gasteiger partial charge in [-0.25, -0.2) is 8.42 Å². The van der Waals surface area contributed by atoms with Crippen LogP contribution in [0, 0.1) is 12.3 Å². The van der Waals surface area contributed by atoms with Gasteiger partial charge in [0.25, 0.3) is 5.91 Å². The topological polar surface area (TPSA) is 84.9 Å². The standard InChI is InChI=1S/C20H20F2N2O5S/c1-4-11-23-30(26,27)16-8-6-15(7-9-16)19(25)24(2)13-14-5-10-17(29-20(21)22)18(12-14)28-3/h1,5-10,12,20,23H,11,13H2,2-3H3. The van der Waals surface area contributed by atoms with E-state index in [0.29, 0.717) is 5.56 Å². The number of nitrogens with zero attached hydrogens (tertiary/aromatic N) is 1. The number of nitrogens with one attached hydrogen (secondary N) is 1. The van der Waals surface area contributed by atoms with E-state index in [4.69, 9.17) is 11.2 Å². The van der Waals surface area contributed by atoms with Gasteiger partial charge in [0.15, 0.2) is 11.5 Å². The number of carbonyl (C=O) groups excluding carboxylic acids is 1. The third-order valence-corrected chi connectivity index (χ3v) is 5.40. The molecule has 1 N–H and O–H groups in total. The number of amides is 1. The van der Waals surface area contributed by atoms with Crippen molar-refractivity contribution in [1.29, 1.82) is 0 Å². The van der Waals surface area contributed by atoms with E-state index >= 15 is 0 Å². The lowest BCUT2D eigenvalue weighted by Gasteiger charge is -2.19. The van der Waals surface area contributed by atoms with Gasteiger partial charge in [-0.15, -0.1) is 6.42 Å². The molecule has 0 saturated heterocycles. The van der Waals surface area contributed by atoms with Crippen LogP contribution in [-0.2, 0) is 16.6 Å². The second kappa shape index (κ2) is 10.0. The third kappa shape index (κ3) is 5.92. The monoisotopic (exact) mass is 438 g/mol. The van der Waals surface area contributed by atoms with Crippen molar-refractivity contribution in [3.63, 3.8) is 0 Å². The Hall–Kier alpha value is -3.16. The van der Waals surface area contributed by atoms with Crippen LogP contribution in [0.1, 0.15) is 15.9 Å². The fraction of sp³-hybridized carbons (Fsp3) is 0.250. The smallest absolute Gasteiger partial charge is 0.387 e. The lowest BCUT2D eigenvalue weighted by Crippen LogP contribution is -2.27. The number of halogens is 2. The van der Waals surface area contributed by atoms with Crippen LogP contribution in [-0.4, -0.2) is 46.5 Å². The van der Waals surface area contributed by atoms with Gasteiger partial charge in [-0.3, -0.25) is 4.79 Å². The summed E-state index contributed by atoms with van der Waals surface area (Å²) in [5, 5.41) is 0. The van der Waals surface area contributed by atoms with Crippen molar-refractivity contribution in [2.45, 2.75) is 18.1 Å². The first-order valence-electron chi connectivity index (χ1n) is 8.58. The molecule has 160 valence electrons. The molecule has 30 heavy (non-hydrogen) atoms. The summed E-state index contributed by atoms with van der Waals surface area (Å²) in [6, 6.07) is 9.76. The largest absolute Gasteiger partial charge is 0.493 e. The number of terminal acetylenes is 1. The number of alkyl halides is 2. The molecule has 0 atom stereocenters. The summed E-state index contributed by atoms with van der Waals surface area (Å²) in [5.41, 5.74) is 0.903. The molecule has 0 spiro atoms. The van der Waals surface area contributed by atoms with E-state index in [-0.39, 0.29) is 41.0 Å². The zero-order valence-corrected chi connectivity index (χ0v) is 17.1. The molecule has 0 aliphatic carbocycles. The van der Waals surface area contributed by atoms with Gasteiger partial charge in [0.1, 0.15) is 0 Å². The molecule has 0 unspecified atom stereocenters. The number of ether oxygens (including phenoxy) is 2. The van der Waals surface area contributed by atoms with Crippen LogP contribution in [0.4, 0.5) is 8.78 Å². The van der Waals surface area contributed by atoms with Crippen molar-refractivity contribution in [2.24, 2.45) is 0 Å². The van der Waals surface area contributed by atoms with Crippen molar-refractivity contribution < 1.29 is 31.5 Å². The zero-order valence-electron chi connectivity index (χ0n) is 16.3. The van der Waals surface area contributed by atoms with Crippen molar-refractivity contribution in [2.75, 3.05) is 20.7 Å². The number of rotatable bonds is 9. The lowest BCUT2D eigenvalue weighted by molar-refractivity contribution is -0.0512. The molecule has 2 rings (SSSR count). The van der Waals surface area contributed by atoms with Gasteiger partial charge >= 0.3 is 6.61 Å². The van der Waals surface area contributed by atoms with Gasteiger partial charge in [0.2, 0.25) is 10.0 Å². The quantitative estimate of drug-likeness (QED) is 0.608. The predicted octanol–water partition coefficient (Wildman–Crippen LogP) is 2.48. The summed E-state index contributed by atoms with van der Waals surface area (Å²) in [7, 11) is -0.878. The number of sulfonamides is 1. The van der Waals surface area contributed by atoms with Gasteiger partial charge in [-0.2, -0.15) is 13.5 Å². The van der Waals surface area contributed by atoms with Gasteiger partial charge in [-0.05, 0) is 42.0 Å². The fourth-order valence-electron chi connectivity index (χ4n) is 2.57. The van der Waals surface area contributed by atoms with Crippen molar-refractivity contribution in [3.05, 3.63) is 53.6 Å². The molecule has 0 saturated carbocycles. The molecule has 7 nitrogen and oxygen atoms in total. The molecule has 0 bridgehead atoms. The van der Waals surface area contributed by atoms with E-state index in [9.17, 15) is 22.0 Å². The highest BCUT2D eigenvalue weighted by Crippen LogP contribution is 2.30. The summed E-state index contributed by atoms with van der Waals surface area (Å²) in [4.78, 5) is 14.0. The normalized spacial score (nSPS) is 11.1. The van der Waals surface area contributed by atoms with Crippen LogP contribution in [0.2, 0.25) is 0 Å². The maximum atomic E-state index is 12.6. The Bertz CT molecular complexity index is 1030. The Kier molecular flexibility index (Phi) is 7.74. The SMILES string of the molecule is C#CCNS(=O)(=O)c1ccc(C(=O)N(C)Cc2ccc(OC(F)F)c(OC)c2)cc1. The number of hydrogen-bond acceptors (Lipinski definition) is 5. The Balaban J connectivity index is 2.12. The summed E-state index contributed by atoms with van der Waals surface area (Å²) in [5.74, 6) is 1.82. The van der Waals surface area contributed by atoms with Crippen LogP contribution in [0.5, 0.6) is 11.5 Å². The Morgan fingerprint density at radius 1 is 1.20 bits per heavy atom. The molecule has 0 radical (unpaired) electrons. The second-order valence-corrected chi connectivity index (χ2v) is 7.84. The average molecular weight is 438 g/mol. The summed E-state index contributed by atoms with van der Waals surface area (Å²) < 4.78 is 60.6. The first-order chi connectivity index (χ1) is 14.2. The highest BCUT2D eigenvalue weighted by Gasteiger charge is 2.17. The molecule has 0 heterocycles. The van der Waals surface area contributed by atoms with Crippen LogP contribution in [0.15, 0.2) is 47.4 Å². The fourth-order valence-corrected chi connectivity index (χ4v) is 3.50. The number of benzene rings is 2. The van der Waals surface area contributed by atoms with E-state index in [1.54, 1.807) is 7.05 Å². The highest BCUT2D eigenvalue weighted by atomic mass is 32.2. The molecule has 10 heteroatoms. The maximum Gasteiger partial charge on any atom is 0.387 e. The van der Waals surface area contributed by atoms with Crippen molar-refractivity contribution >= 4 is 15.9 Å². The van der Waals surface area contributed by atoms with E-state index < -0.39 is 16.6 Å². The Morgan fingerprint density at radius 2 is 1.87 bits per heavy atom.